The molecule has 0 aromatic heterocycles. The maximum Gasteiger partial charge on any atom is 0.252 e. The fourth-order valence-corrected chi connectivity index (χ4v) is 2.75. The number of hydrogen-bond acceptors (Lipinski definition) is 3. The first-order chi connectivity index (χ1) is 9.32. The van der Waals surface area contributed by atoms with Crippen LogP contribution in [0, 0.1) is 6.92 Å². The molecular weight excluding hydrogens is 299 g/mol. The molecule has 1 aliphatic heterocycles. The molecule has 0 aliphatic carbocycles. The van der Waals surface area contributed by atoms with Crippen molar-refractivity contribution in [2.75, 3.05) is 5.32 Å². The van der Waals surface area contributed by atoms with Crippen LogP contribution in [0.5, 0.6) is 0 Å². The number of nitrogens with zero attached hydrogens (tertiary/aromatic N) is 1. The van der Waals surface area contributed by atoms with Gasteiger partial charge in [-0.15, -0.1) is 0 Å². The van der Waals surface area contributed by atoms with Gasteiger partial charge in [-0.2, -0.15) is 0 Å². The summed E-state index contributed by atoms with van der Waals surface area (Å²) < 4.78 is 0. The van der Waals surface area contributed by atoms with E-state index in [1.54, 1.807) is 12.1 Å². The van der Waals surface area contributed by atoms with Crippen molar-refractivity contribution < 1.29 is 9.59 Å². The molecule has 0 saturated carbocycles. The van der Waals surface area contributed by atoms with Gasteiger partial charge in [0.2, 0.25) is 5.91 Å². The summed E-state index contributed by atoms with van der Waals surface area (Å²) >= 11 is 12.3. The first kappa shape index (κ1) is 15.1. The molecule has 1 heterocycles. The Morgan fingerprint density at radius 3 is 2.50 bits per heavy atom. The van der Waals surface area contributed by atoms with Gasteiger partial charge >= 0.3 is 0 Å². The van der Waals surface area contributed by atoms with E-state index in [4.69, 9.17) is 23.2 Å². The molecule has 1 atom stereocenters. The largest absolute Gasteiger partial charge is 0.371 e. The van der Waals surface area contributed by atoms with E-state index in [0.29, 0.717) is 15.7 Å². The van der Waals surface area contributed by atoms with Gasteiger partial charge in [-0.3, -0.25) is 14.5 Å². The summed E-state index contributed by atoms with van der Waals surface area (Å²) in [6.07, 6.45) is 0.123. The van der Waals surface area contributed by atoms with Crippen molar-refractivity contribution >= 4 is 40.7 Å². The molecular formula is C14H16Cl2N2O2. The van der Waals surface area contributed by atoms with Crippen LogP contribution in [-0.2, 0) is 9.59 Å². The van der Waals surface area contributed by atoms with Crippen molar-refractivity contribution in [1.29, 1.82) is 0 Å². The number of halogens is 2. The molecule has 1 N–H and O–H groups in total. The number of nitrogens with one attached hydrogen (secondary N) is 1. The minimum absolute atomic E-state index is 0.123. The summed E-state index contributed by atoms with van der Waals surface area (Å²) in [4.78, 5) is 25.4. The lowest BCUT2D eigenvalue weighted by Crippen LogP contribution is -2.39. The van der Waals surface area contributed by atoms with Gasteiger partial charge < -0.3 is 5.32 Å². The van der Waals surface area contributed by atoms with E-state index < -0.39 is 6.04 Å². The monoisotopic (exact) mass is 314 g/mol. The summed E-state index contributed by atoms with van der Waals surface area (Å²) in [5.74, 6) is -0.416. The summed E-state index contributed by atoms with van der Waals surface area (Å²) in [5.41, 5.74) is 1.36. The highest BCUT2D eigenvalue weighted by Crippen LogP contribution is 2.34. The second kappa shape index (κ2) is 5.62. The Bertz CT molecular complexity index is 573. The number of rotatable bonds is 3. The molecule has 0 bridgehead atoms. The van der Waals surface area contributed by atoms with E-state index in [1.165, 1.54) is 4.90 Å². The molecule has 4 nitrogen and oxygen atoms in total. The van der Waals surface area contributed by atoms with Crippen LogP contribution in [0.2, 0.25) is 10.0 Å². The van der Waals surface area contributed by atoms with Gasteiger partial charge in [0, 0.05) is 6.04 Å². The van der Waals surface area contributed by atoms with Crippen LogP contribution >= 0.6 is 23.2 Å². The predicted molar refractivity (Wildman–Crippen MR) is 80.2 cm³/mol. The van der Waals surface area contributed by atoms with Crippen molar-refractivity contribution in [2.24, 2.45) is 0 Å². The quantitative estimate of drug-likeness (QED) is 0.871. The Morgan fingerprint density at radius 1 is 1.30 bits per heavy atom. The molecule has 2 rings (SSSR count). The van der Waals surface area contributed by atoms with Gasteiger partial charge in [0.25, 0.3) is 5.91 Å². The summed E-state index contributed by atoms with van der Waals surface area (Å²) in [7, 11) is 0. The van der Waals surface area contributed by atoms with E-state index in [2.05, 4.69) is 5.32 Å². The predicted octanol–water partition coefficient (Wildman–Crippen LogP) is 3.25. The minimum atomic E-state index is -0.610. The maximum absolute atomic E-state index is 12.2. The fraction of sp³-hybridized carbons (Fsp3) is 0.429. The van der Waals surface area contributed by atoms with Crippen LogP contribution < -0.4 is 5.32 Å². The van der Waals surface area contributed by atoms with Crippen LogP contribution in [0.25, 0.3) is 0 Å². The van der Waals surface area contributed by atoms with Crippen LogP contribution in [0.15, 0.2) is 12.1 Å². The first-order valence-electron chi connectivity index (χ1n) is 6.40. The van der Waals surface area contributed by atoms with Crippen molar-refractivity contribution in [1.82, 2.24) is 4.90 Å². The number of amides is 2. The van der Waals surface area contributed by atoms with Gasteiger partial charge in [0.05, 0.1) is 22.2 Å². The molecule has 108 valence electrons. The van der Waals surface area contributed by atoms with Gasteiger partial charge in [0.1, 0.15) is 6.04 Å². The number of carbonyl (C=O) groups is 2. The highest BCUT2D eigenvalue weighted by molar-refractivity contribution is 6.39. The molecule has 1 aromatic rings. The van der Waals surface area contributed by atoms with Gasteiger partial charge in [0.15, 0.2) is 0 Å². The standard InChI is InChI=1S/C14H16Cl2N2O2/c1-7(2)18-11(19)6-10(14(18)20)17-13-9(15)5-4-8(3)12(13)16/h4-5,7,10,17H,6H2,1-3H3. The lowest BCUT2D eigenvalue weighted by atomic mass is 10.2. The van der Waals surface area contributed by atoms with E-state index in [-0.39, 0.29) is 24.3 Å². The normalized spacial score (nSPS) is 19.1. The number of benzene rings is 1. The highest BCUT2D eigenvalue weighted by atomic mass is 35.5. The third-order valence-corrected chi connectivity index (χ3v) is 4.10. The van der Waals surface area contributed by atoms with Crippen LogP contribution in [0.1, 0.15) is 25.8 Å². The number of anilines is 1. The van der Waals surface area contributed by atoms with E-state index in [0.717, 1.165) is 5.56 Å². The smallest absolute Gasteiger partial charge is 0.252 e. The van der Waals surface area contributed by atoms with Crippen LogP contribution in [0.4, 0.5) is 5.69 Å². The molecule has 20 heavy (non-hydrogen) atoms. The molecule has 1 aromatic carbocycles. The van der Waals surface area contributed by atoms with E-state index in [1.807, 2.05) is 20.8 Å². The highest BCUT2D eigenvalue weighted by Gasteiger charge is 2.40. The lowest BCUT2D eigenvalue weighted by molar-refractivity contribution is -0.140. The second-order valence-electron chi connectivity index (χ2n) is 5.15. The number of imide groups is 1. The second-order valence-corrected chi connectivity index (χ2v) is 5.94. The van der Waals surface area contributed by atoms with Crippen molar-refractivity contribution in [2.45, 2.75) is 39.3 Å². The van der Waals surface area contributed by atoms with Crippen LogP contribution in [-0.4, -0.2) is 28.8 Å². The lowest BCUT2D eigenvalue weighted by Gasteiger charge is -2.20. The van der Waals surface area contributed by atoms with Crippen molar-refractivity contribution in [3.63, 3.8) is 0 Å². The summed E-state index contributed by atoms with van der Waals surface area (Å²) in [6.45, 7) is 5.47. The molecule has 2 amide bonds. The molecule has 1 saturated heterocycles. The molecule has 6 heteroatoms. The Labute approximate surface area is 128 Å². The van der Waals surface area contributed by atoms with Crippen LogP contribution in [0.3, 0.4) is 0 Å². The summed E-state index contributed by atoms with van der Waals surface area (Å²) in [5, 5.41) is 3.91. The molecule has 1 unspecified atom stereocenters. The average Bonchev–Trinajstić information content (AvgIpc) is 2.64. The number of aryl methyl sites for hydroxylation is 1. The van der Waals surface area contributed by atoms with Gasteiger partial charge in [-0.1, -0.05) is 29.3 Å². The Morgan fingerprint density at radius 2 is 1.95 bits per heavy atom. The Hall–Kier alpha value is -1.26. The zero-order valence-electron chi connectivity index (χ0n) is 11.5. The van der Waals surface area contributed by atoms with Gasteiger partial charge in [-0.05, 0) is 32.4 Å². The number of likely N-dealkylation sites (tertiary alicyclic amines) is 1. The molecule has 1 aliphatic rings. The third kappa shape index (κ3) is 2.63. The SMILES string of the molecule is Cc1ccc(Cl)c(NC2CC(=O)N(C(C)C)C2=O)c1Cl. The summed E-state index contributed by atoms with van der Waals surface area (Å²) in [6, 6.07) is 2.76. The third-order valence-electron chi connectivity index (χ3n) is 3.30. The van der Waals surface area contributed by atoms with E-state index in [9.17, 15) is 9.59 Å². The molecule has 0 radical (unpaired) electrons. The number of hydrogen-bond donors (Lipinski definition) is 1. The zero-order chi connectivity index (χ0) is 15.0. The zero-order valence-corrected chi connectivity index (χ0v) is 13.0. The van der Waals surface area contributed by atoms with Crippen molar-refractivity contribution in [3.05, 3.63) is 27.7 Å². The molecule has 1 fully saturated rings. The van der Waals surface area contributed by atoms with E-state index >= 15 is 0 Å². The fourth-order valence-electron chi connectivity index (χ4n) is 2.27. The average molecular weight is 315 g/mol. The topological polar surface area (TPSA) is 49.4 Å². The first-order valence-corrected chi connectivity index (χ1v) is 7.15. The minimum Gasteiger partial charge on any atom is -0.371 e. The number of carbonyl (C=O) groups excluding carboxylic acids is 2. The Balaban J connectivity index is 2.26. The van der Waals surface area contributed by atoms with Gasteiger partial charge in [-0.25, -0.2) is 0 Å². The Kier molecular flexibility index (Phi) is 4.25. The maximum atomic E-state index is 12.2. The van der Waals surface area contributed by atoms with Crippen molar-refractivity contribution in [3.8, 4) is 0 Å². The molecule has 0 spiro atoms.